The van der Waals surface area contributed by atoms with E-state index in [4.69, 9.17) is 25.6 Å². The highest BCUT2D eigenvalue weighted by atomic mass is 35.5. The summed E-state index contributed by atoms with van der Waals surface area (Å²) in [7, 11) is 1.50. The van der Waals surface area contributed by atoms with Crippen molar-refractivity contribution in [2.24, 2.45) is 0 Å². The van der Waals surface area contributed by atoms with Crippen molar-refractivity contribution in [2.45, 2.75) is 6.92 Å². The number of benzene rings is 1. The van der Waals surface area contributed by atoms with Gasteiger partial charge in [-0.05, 0) is 13.0 Å². The number of esters is 1. The summed E-state index contributed by atoms with van der Waals surface area (Å²) in [5, 5.41) is 4.65. The third kappa shape index (κ3) is 2.06. The maximum absolute atomic E-state index is 11.6. The number of ether oxygens (including phenoxy) is 2. The Kier molecular flexibility index (Phi) is 3.19. The zero-order valence-corrected chi connectivity index (χ0v) is 10.1. The summed E-state index contributed by atoms with van der Waals surface area (Å²) in [5.74, 6) is -0.0366. The van der Waals surface area contributed by atoms with Gasteiger partial charge in [-0.25, -0.2) is 4.79 Å². The van der Waals surface area contributed by atoms with E-state index in [-0.39, 0.29) is 12.4 Å². The molecule has 0 fully saturated rings. The summed E-state index contributed by atoms with van der Waals surface area (Å²) >= 11 is 5.97. The van der Waals surface area contributed by atoms with Crippen LogP contribution in [0.4, 0.5) is 0 Å². The van der Waals surface area contributed by atoms with E-state index in [9.17, 15) is 4.79 Å². The lowest BCUT2D eigenvalue weighted by Crippen LogP contribution is -2.03. The van der Waals surface area contributed by atoms with E-state index in [1.165, 1.54) is 7.11 Å². The first-order valence-corrected chi connectivity index (χ1v) is 5.35. The second-order valence-corrected chi connectivity index (χ2v) is 3.64. The van der Waals surface area contributed by atoms with Crippen LogP contribution in [0.1, 0.15) is 17.5 Å². The van der Waals surface area contributed by atoms with Gasteiger partial charge in [0.1, 0.15) is 11.3 Å². The Balaban J connectivity index is 2.54. The summed E-state index contributed by atoms with van der Waals surface area (Å²) in [5.41, 5.74) is 0.495. The van der Waals surface area contributed by atoms with Gasteiger partial charge in [-0.1, -0.05) is 16.8 Å². The van der Waals surface area contributed by atoms with Crippen LogP contribution in [0.2, 0.25) is 5.02 Å². The molecule has 0 aliphatic carbocycles. The van der Waals surface area contributed by atoms with E-state index in [1.807, 2.05) is 0 Å². The summed E-state index contributed by atoms with van der Waals surface area (Å²) in [6, 6.07) is 3.17. The minimum atomic E-state index is -0.559. The Morgan fingerprint density at radius 3 is 2.94 bits per heavy atom. The molecule has 0 bridgehead atoms. The molecule has 0 saturated heterocycles. The van der Waals surface area contributed by atoms with Gasteiger partial charge in [0.05, 0.1) is 24.1 Å². The molecule has 0 aliphatic rings. The molecule has 1 aromatic carbocycles. The summed E-state index contributed by atoms with van der Waals surface area (Å²) in [6.07, 6.45) is 0. The first kappa shape index (κ1) is 11.7. The zero-order chi connectivity index (χ0) is 12.4. The molecule has 1 heterocycles. The van der Waals surface area contributed by atoms with E-state index in [1.54, 1.807) is 19.1 Å². The number of aromatic nitrogens is 1. The molecule has 2 aromatic rings. The van der Waals surface area contributed by atoms with Crippen molar-refractivity contribution in [3.8, 4) is 5.75 Å². The van der Waals surface area contributed by atoms with E-state index in [2.05, 4.69) is 5.16 Å². The van der Waals surface area contributed by atoms with Gasteiger partial charge in [0.2, 0.25) is 0 Å². The van der Waals surface area contributed by atoms with Crippen LogP contribution in [0.15, 0.2) is 16.7 Å². The molecule has 0 radical (unpaired) electrons. The highest BCUT2D eigenvalue weighted by molar-refractivity contribution is 6.33. The van der Waals surface area contributed by atoms with Crippen molar-refractivity contribution >= 4 is 28.5 Å². The van der Waals surface area contributed by atoms with Gasteiger partial charge in [-0.2, -0.15) is 0 Å². The lowest BCUT2D eigenvalue weighted by molar-refractivity contribution is 0.0483. The Labute approximate surface area is 102 Å². The molecule has 0 N–H and O–H groups in total. The standard InChI is InChI=1S/C11H10ClNO4/c1-3-16-11(14)10-6-4-7(12)9(15-2)5-8(6)13-17-10/h4-5H,3H2,1-2H3. The number of nitrogens with zero attached hydrogens (tertiary/aromatic N) is 1. The molecule has 0 unspecified atom stereocenters. The van der Waals surface area contributed by atoms with Crippen LogP contribution >= 0.6 is 11.6 Å². The number of halogens is 1. The Morgan fingerprint density at radius 2 is 2.29 bits per heavy atom. The fourth-order valence-electron chi connectivity index (χ4n) is 1.44. The van der Waals surface area contributed by atoms with Crippen molar-refractivity contribution < 1.29 is 18.8 Å². The van der Waals surface area contributed by atoms with Gasteiger partial charge >= 0.3 is 5.97 Å². The molecular weight excluding hydrogens is 246 g/mol. The van der Waals surface area contributed by atoms with Gasteiger partial charge in [-0.15, -0.1) is 0 Å². The van der Waals surface area contributed by atoms with Crippen LogP contribution in [-0.2, 0) is 4.74 Å². The van der Waals surface area contributed by atoms with E-state index in [0.29, 0.717) is 21.7 Å². The maximum Gasteiger partial charge on any atom is 0.377 e. The molecular formula is C11H10ClNO4. The van der Waals surface area contributed by atoms with E-state index >= 15 is 0 Å². The number of carbonyl (C=O) groups is 1. The molecule has 17 heavy (non-hydrogen) atoms. The fraction of sp³-hybridized carbons (Fsp3) is 0.273. The van der Waals surface area contributed by atoms with Crippen molar-refractivity contribution in [3.63, 3.8) is 0 Å². The number of carbonyl (C=O) groups excluding carboxylic acids is 1. The van der Waals surface area contributed by atoms with Crippen LogP contribution in [-0.4, -0.2) is 24.8 Å². The van der Waals surface area contributed by atoms with Gasteiger partial charge in [-0.3, -0.25) is 0 Å². The molecule has 5 nitrogen and oxygen atoms in total. The fourth-order valence-corrected chi connectivity index (χ4v) is 1.69. The van der Waals surface area contributed by atoms with Crippen molar-refractivity contribution in [1.29, 1.82) is 0 Å². The first-order chi connectivity index (χ1) is 8.17. The molecule has 1 aromatic heterocycles. The number of hydrogen-bond acceptors (Lipinski definition) is 5. The second-order valence-electron chi connectivity index (χ2n) is 3.24. The van der Waals surface area contributed by atoms with Crippen molar-refractivity contribution in [3.05, 3.63) is 22.9 Å². The summed E-state index contributed by atoms with van der Waals surface area (Å²) in [4.78, 5) is 11.6. The molecule has 0 aliphatic heterocycles. The number of fused-ring (bicyclic) bond motifs is 1. The Hall–Kier alpha value is -1.75. The third-order valence-corrected chi connectivity index (χ3v) is 2.51. The molecule has 0 amide bonds. The van der Waals surface area contributed by atoms with Crippen LogP contribution in [0, 0.1) is 0 Å². The summed E-state index contributed by atoms with van der Waals surface area (Å²) < 4.78 is 14.8. The quantitative estimate of drug-likeness (QED) is 0.789. The number of methoxy groups -OCH3 is 1. The average molecular weight is 256 g/mol. The maximum atomic E-state index is 11.6. The zero-order valence-electron chi connectivity index (χ0n) is 9.32. The van der Waals surface area contributed by atoms with Crippen LogP contribution in [0.5, 0.6) is 5.75 Å². The topological polar surface area (TPSA) is 61.6 Å². The largest absolute Gasteiger partial charge is 0.495 e. The smallest absolute Gasteiger partial charge is 0.377 e. The highest BCUT2D eigenvalue weighted by Crippen LogP contribution is 2.31. The highest BCUT2D eigenvalue weighted by Gasteiger charge is 2.19. The normalized spacial score (nSPS) is 10.5. The lowest BCUT2D eigenvalue weighted by atomic mass is 10.2. The van der Waals surface area contributed by atoms with Crippen LogP contribution in [0.3, 0.4) is 0 Å². The lowest BCUT2D eigenvalue weighted by Gasteiger charge is -2.01. The number of rotatable bonds is 3. The van der Waals surface area contributed by atoms with Gasteiger partial charge in [0, 0.05) is 6.07 Å². The predicted octanol–water partition coefficient (Wildman–Crippen LogP) is 2.67. The molecule has 2 rings (SSSR count). The predicted molar refractivity (Wildman–Crippen MR) is 61.5 cm³/mol. The van der Waals surface area contributed by atoms with Crippen LogP contribution in [0.25, 0.3) is 10.9 Å². The molecule has 6 heteroatoms. The van der Waals surface area contributed by atoms with Crippen molar-refractivity contribution in [2.75, 3.05) is 13.7 Å². The minimum absolute atomic E-state index is 0.0476. The molecule has 0 spiro atoms. The van der Waals surface area contributed by atoms with Crippen molar-refractivity contribution in [1.82, 2.24) is 5.16 Å². The molecule has 90 valence electrons. The minimum Gasteiger partial charge on any atom is -0.495 e. The first-order valence-electron chi connectivity index (χ1n) is 4.97. The third-order valence-electron chi connectivity index (χ3n) is 2.21. The Bertz CT molecular complexity index is 564. The number of hydrogen-bond donors (Lipinski definition) is 0. The van der Waals surface area contributed by atoms with Crippen LogP contribution < -0.4 is 4.74 Å². The van der Waals surface area contributed by atoms with E-state index < -0.39 is 5.97 Å². The monoisotopic (exact) mass is 255 g/mol. The Morgan fingerprint density at radius 1 is 1.53 bits per heavy atom. The van der Waals surface area contributed by atoms with Gasteiger partial charge in [0.25, 0.3) is 5.76 Å². The average Bonchev–Trinajstić information content (AvgIpc) is 2.71. The van der Waals surface area contributed by atoms with Gasteiger partial charge in [0.15, 0.2) is 0 Å². The van der Waals surface area contributed by atoms with E-state index in [0.717, 1.165) is 0 Å². The summed E-state index contributed by atoms with van der Waals surface area (Å²) in [6.45, 7) is 1.98. The molecule has 0 saturated carbocycles. The SMILES string of the molecule is CCOC(=O)c1onc2cc(OC)c(Cl)cc12. The molecule has 0 atom stereocenters. The second kappa shape index (κ2) is 4.63. The van der Waals surface area contributed by atoms with Gasteiger partial charge < -0.3 is 14.0 Å².